The van der Waals surface area contributed by atoms with Crippen molar-refractivity contribution in [1.82, 2.24) is 15.5 Å². The molecular formula is C23H33N3O4. The van der Waals surface area contributed by atoms with Crippen LogP contribution in [-0.4, -0.2) is 50.2 Å². The van der Waals surface area contributed by atoms with Crippen molar-refractivity contribution < 1.29 is 19.1 Å². The molecule has 4 saturated carbocycles. The molecule has 0 spiro atoms. The van der Waals surface area contributed by atoms with E-state index in [4.69, 9.17) is 9.47 Å². The lowest BCUT2D eigenvalue weighted by Crippen LogP contribution is -2.62. The molecule has 3 amide bonds. The van der Waals surface area contributed by atoms with Crippen LogP contribution in [0.25, 0.3) is 0 Å². The third kappa shape index (κ3) is 4.56. The Kier molecular flexibility index (Phi) is 5.91. The molecule has 7 heteroatoms. The number of carbonyl (C=O) groups is 2. The second-order valence-electron chi connectivity index (χ2n) is 9.55. The Bertz CT molecular complexity index is 774. The average Bonchev–Trinajstić information content (AvgIpc) is 2.66. The number of likely N-dealkylation sites (N-methyl/N-ethyl adjacent to an activating group) is 1. The molecule has 0 aliphatic heterocycles. The molecule has 4 aliphatic carbocycles. The van der Waals surface area contributed by atoms with Crippen molar-refractivity contribution in [2.45, 2.75) is 50.6 Å². The smallest absolute Gasteiger partial charge is 0.321 e. The highest BCUT2D eigenvalue weighted by Gasteiger charge is 2.51. The van der Waals surface area contributed by atoms with Crippen LogP contribution >= 0.6 is 0 Å². The average molecular weight is 416 g/mol. The lowest BCUT2D eigenvalue weighted by Gasteiger charge is -2.56. The molecule has 164 valence electrons. The molecule has 0 unspecified atom stereocenters. The molecule has 4 aliphatic rings. The van der Waals surface area contributed by atoms with Gasteiger partial charge in [-0.3, -0.25) is 15.0 Å². The van der Waals surface area contributed by atoms with E-state index in [9.17, 15) is 9.59 Å². The van der Waals surface area contributed by atoms with Crippen LogP contribution in [0.5, 0.6) is 11.5 Å². The van der Waals surface area contributed by atoms with Crippen molar-refractivity contribution in [3.63, 3.8) is 0 Å². The molecule has 30 heavy (non-hydrogen) atoms. The second kappa shape index (κ2) is 8.46. The molecule has 0 radical (unpaired) electrons. The maximum Gasteiger partial charge on any atom is 0.321 e. The fourth-order valence-electron chi connectivity index (χ4n) is 6.28. The van der Waals surface area contributed by atoms with Gasteiger partial charge in [0.25, 0.3) is 0 Å². The Hall–Kier alpha value is -2.28. The first-order valence-corrected chi connectivity index (χ1v) is 10.9. The Balaban J connectivity index is 1.28. The van der Waals surface area contributed by atoms with Gasteiger partial charge in [0, 0.05) is 23.7 Å². The minimum Gasteiger partial charge on any atom is -0.497 e. The Morgan fingerprint density at radius 2 is 1.70 bits per heavy atom. The number of carbonyl (C=O) groups excluding carboxylic acids is 2. The van der Waals surface area contributed by atoms with Crippen LogP contribution in [0.2, 0.25) is 0 Å². The van der Waals surface area contributed by atoms with Crippen molar-refractivity contribution in [2.24, 2.45) is 17.8 Å². The lowest BCUT2D eigenvalue weighted by atomic mass is 9.53. The van der Waals surface area contributed by atoms with E-state index in [1.165, 1.54) is 19.3 Å². The van der Waals surface area contributed by atoms with Gasteiger partial charge in [-0.05, 0) is 69.4 Å². The maximum absolute atomic E-state index is 12.6. The van der Waals surface area contributed by atoms with E-state index in [0.717, 1.165) is 48.3 Å². The number of ether oxygens (including phenoxy) is 2. The first-order valence-electron chi connectivity index (χ1n) is 10.9. The van der Waals surface area contributed by atoms with Gasteiger partial charge in [-0.1, -0.05) is 6.07 Å². The van der Waals surface area contributed by atoms with E-state index in [1.807, 2.05) is 30.1 Å². The van der Waals surface area contributed by atoms with Gasteiger partial charge in [-0.2, -0.15) is 0 Å². The third-order valence-corrected chi connectivity index (χ3v) is 7.02. The zero-order chi connectivity index (χ0) is 21.3. The summed E-state index contributed by atoms with van der Waals surface area (Å²) in [4.78, 5) is 26.8. The number of benzene rings is 1. The molecule has 0 saturated heterocycles. The number of hydrogen-bond acceptors (Lipinski definition) is 5. The molecular weight excluding hydrogens is 382 g/mol. The van der Waals surface area contributed by atoms with Crippen molar-refractivity contribution in [3.05, 3.63) is 23.8 Å². The van der Waals surface area contributed by atoms with Crippen molar-refractivity contribution in [1.29, 1.82) is 0 Å². The van der Waals surface area contributed by atoms with E-state index in [0.29, 0.717) is 12.3 Å². The van der Waals surface area contributed by atoms with Gasteiger partial charge in [0.05, 0.1) is 20.8 Å². The van der Waals surface area contributed by atoms with Crippen LogP contribution < -0.4 is 20.1 Å². The largest absolute Gasteiger partial charge is 0.497 e. The minimum atomic E-state index is -0.350. The normalized spacial score (nSPS) is 29.0. The van der Waals surface area contributed by atoms with Crippen molar-refractivity contribution in [3.8, 4) is 11.5 Å². The number of nitrogens with one attached hydrogen (secondary N) is 2. The topological polar surface area (TPSA) is 79.9 Å². The summed E-state index contributed by atoms with van der Waals surface area (Å²) in [7, 11) is 5.07. The number of hydrogen-bond donors (Lipinski definition) is 2. The molecule has 1 aromatic carbocycles. The predicted octanol–water partition coefficient (Wildman–Crippen LogP) is 2.93. The summed E-state index contributed by atoms with van der Waals surface area (Å²) in [5, 5.41) is 5.72. The molecule has 4 fully saturated rings. The van der Waals surface area contributed by atoms with Crippen LogP contribution in [0.1, 0.15) is 44.1 Å². The Morgan fingerprint density at radius 1 is 1.07 bits per heavy atom. The summed E-state index contributed by atoms with van der Waals surface area (Å²) in [5.74, 6) is 3.37. The maximum atomic E-state index is 12.6. The van der Waals surface area contributed by atoms with Gasteiger partial charge in [-0.25, -0.2) is 4.79 Å². The van der Waals surface area contributed by atoms with Gasteiger partial charge in [0.1, 0.15) is 11.5 Å². The lowest BCUT2D eigenvalue weighted by molar-refractivity contribution is -0.121. The molecule has 1 aromatic rings. The number of urea groups is 1. The van der Waals surface area contributed by atoms with Crippen molar-refractivity contribution >= 4 is 11.9 Å². The monoisotopic (exact) mass is 415 g/mol. The van der Waals surface area contributed by atoms with Crippen LogP contribution in [-0.2, 0) is 11.3 Å². The first-order chi connectivity index (χ1) is 14.4. The SMILES string of the molecule is COc1ccc(CN(C)CC(=O)NC(=O)NC23CC4CC(CC(C4)C2)C3)c(OC)c1. The van der Waals surface area contributed by atoms with Crippen LogP contribution in [0.3, 0.4) is 0 Å². The summed E-state index contributed by atoms with van der Waals surface area (Å²) >= 11 is 0. The van der Waals surface area contributed by atoms with E-state index in [1.54, 1.807) is 14.2 Å². The molecule has 0 aromatic heterocycles. The number of nitrogens with zero attached hydrogens (tertiary/aromatic N) is 1. The van der Waals surface area contributed by atoms with Crippen LogP contribution in [0, 0.1) is 17.8 Å². The fraction of sp³-hybridized carbons (Fsp3) is 0.652. The number of amides is 3. The van der Waals surface area contributed by atoms with Gasteiger partial charge in [0.2, 0.25) is 5.91 Å². The van der Waals surface area contributed by atoms with Crippen molar-refractivity contribution in [2.75, 3.05) is 27.8 Å². The highest BCUT2D eigenvalue weighted by Crippen LogP contribution is 2.55. The van der Waals surface area contributed by atoms with Crippen LogP contribution in [0.4, 0.5) is 4.79 Å². The number of imide groups is 1. The highest BCUT2D eigenvalue weighted by atomic mass is 16.5. The molecule has 7 nitrogen and oxygen atoms in total. The minimum absolute atomic E-state index is 0.0958. The second-order valence-corrected chi connectivity index (χ2v) is 9.55. The third-order valence-electron chi connectivity index (χ3n) is 7.02. The van der Waals surface area contributed by atoms with Gasteiger partial charge in [-0.15, -0.1) is 0 Å². The quantitative estimate of drug-likeness (QED) is 0.716. The van der Waals surface area contributed by atoms with E-state index in [2.05, 4.69) is 10.6 Å². The summed E-state index contributed by atoms with van der Waals surface area (Å²) in [5.41, 5.74) is 0.855. The first kappa shape index (κ1) is 21.0. The zero-order valence-corrected chi connectivity index (χ0v) is 18.2. The highest BCUT2D eigenvalue weighted by molar-refractivity contribution is 5.95. The van der Waals surface area contributed by atoms with Gasteiger partial charge >= 0.3 is 6.03 Å². The van der Waals surface area contributed by atoms with Gasteiger partial charge < -0.3 is 14.8 Å². The summed E-state index contributed by atoms with van der Waals surface area (Å²) < 4.78 is 10.6. The van der Waals surface area contributed by atoms with E-state index in [-0.39, 0.29) is 24.0 Å². The van der Waals surface area contributed by atoms with E-state index >= 15 is 0 Å². The molecule has 5 rings (SSSR count). The van der Waals surface area contributed by atoms with Crippen LogP contribution in [0.15, 0.2) is 18.2 Å². The fourth-order valence-corrected chi connectivity index (χ4v) is 6.28. The Labute approximate surface area is 178 Å². The summed E-state index contributed by atoms with van der Waals surface area (Å²) in [6, 6.07) is 5.26. The summed E-state index contributed by atoms with van der Waals surface area (Å²) in [6.45, 7) is 0.653. The Morgan fingerprint density at radius 3 is 2.27 bits per heavy atom. The standard InChI is InChI=1S/C23H33N3O4/c1-26(13-18-4-5-19(29-2)9-20(18)30-3)14-21(27)24-22(28)25-23-10-15-6-16(11-23)8-17(7-15)12-23/h4-5,9,15-17H,6-8,10-14H2,1-3H3,(H2,24,25,27,28). The number of rotatable bonds is 7. The zero-order valence-electron chi connectivity index (χ0n) is 18.2. The predicted molar refractivity (Wildman–Crippen MR) is 113 cm³/mol. The molecule has 0 atom stereocenters. The molecule has 2 N–H and O–H groups in total. The molecule has 0 heterocycles. The van der Waals surface area contributed by atoms with Gasteiger partial charge in [0.15, 0.2) is 0 Å². The van der Waals surface area contributed by atoms with E-state index < -0.39 is 0 Å². The molecule has 4 bridgehead atoms. The summed E-state index contributed by atoms with van der Waals surface area (Å²) in [6.07, 6.45) is 7.16. The number of methoxy groups -OCH3 is 2.